The SMILES string of the molecule is COC(=O)CCN(C)C(=O)C1CC1(C)C. The second-order valence-corrected chi connectivity index (χ2v) is 4.83. The number of ether oxygens (including phenoxy) is 1. The van der Waals surface area contributed by atoms with Gasteiger partial charge in [-0.05, 0) is 11.8 Å². The summed E-state index contributed by atoms with van der Waals surface area (Å²) in [5.41, 5.74) is 0.149. The van der Waals surface area contributed by atoms with Gasteiger partial charge in [0, 0.05) is 19.5 Å². The lowest BCUT2D eigenvalue weighted by Crippen LogP contribution is -2.31. The van der Waals surface area contributed by atoms with E-state index in [4.69, 9.17) is 0 Å². The van der Waals surface area contributed by atoms with Gasteiger partial charge in [0.1, 0.15) is 0 Å². The molecule has 86 valence electrons. The average Bonchev–Trinajstić information content (AvgIpc) is 2.82. The van der Waals surface area contributed by atoms with Gasteiger partial charge in [0.2, 0.25) is 5.91 Å². The van der Waals surface area contributed by atoms with Crippen molar-refractivity contribution < 1.29 is 14.3 Å². The van der Waals surface area contributed by atoms with E-state index in [0.29, 0.717) is 6.54 Å². The molecule has 15 heavy (non-hydrogen) atoms. The van der Waals surface area contributed by atoms with Crippen LogP contribution >= 0.6 is 0 Å². The summed E-state index contributed by atoms with van der Waals surface area (Å²) in [5.74, 6) is 0.00811. The summed E-state index contributed by atoms with van der Waals surface area (Å²) >= 11 is 0. The zero-order chi connectivity index (χ0) is 11.6. The largest absolute Gasteiger partial charge is 0.469 e. The third-order valence-corrected chi connectivity index (χ3v) is 3.07. The van der Waals surface area contributed by atoms with Crippen LogP contribution < -0.4 is 0 Å². The number of hydrogen-bond donors (Lipinski definition) is 0. The van der Waals surface area contributed by atoms with Crippen molar-refractivity contribution in [1.82, 2.24) is 4.90 Å². The van der Waals surface area contributed by atoms with E-state index < -0.39 is 0 Å². The lowest BCUT2D eigenvalue weighted by Gasteiger charge is -2.17. The fraction of sp³-hybridized carbons (Fsp3) is 0.818. The van der Waals surface area contributed by atoms with Crippen molar-refractivity contribution in [2.45, 2.75) is 26.7 Å². The van der Waals surface area contributed by atoms with Crippen molar-refractivity contribution in [1.29, 1.82) is 0 Å². The fourth-order valence-electron chi connectivity index (χ4n) is 1.63. The second-order valence-electron chi connectivity index (χ2n) is 4.83. The van der Waals surface area contributed by atoms with Crippen LogP contribution in [0.3, 0.4) is 0 Å². The van der Waals surface area contributed by atoms with Gasteiger partial charge in [-0.3, -0.25) is 9.59 Å². The van der Waals surface area contributed by atoms with Gasteiger partial charge in [-0.25, -0.2) is 0 Å². The van der Waals surface area contributed by atoms with Crippen LogP contribution in [-0.4, -0.2) is 37.5 Å². The molecule has 0 radical (unpaired) electrons. The molecule has 0 saturated heterocycles. The van der Waals surface area contributed by atoms with Crippen LogP contribution in [0.4, 0.5) is 0 Å². The van der Waals surface area contributed by atoms with Crippen LogP contribution in [0.15, 0.2) is 0 Å². The molecule has 0 bridgehead atoms. The Morgan fingerprint density at radius 2 is 2.00 bits per heavy atom. The van der Waals surface area contributed by atoms with Gasteiger partial charge < -0.3 is 9.64 Å². The molecule has 1 unspecified atom stereocenters. The van der Waals surface area contributed by atoms with Crippen molar-refractivity contribution in [3.63, 3.8) is 0 Å². The van der Waals surface area contributed by atoms with Crippen LogP contribution in [0.25, 0.3) is 0 Å². The minimum atomic E-state index is -0.273. The molecule has 1 saturated carbocycles. The molecule has 0 aromatic rings. The van der Waals surface area contributed by atoms with E-state index in [9.17, 15) is 9.59 Å². The molecule has 4 nitrogen and oxygen atoms in total. The molecule has 4 heteroatoms. The zero-order valence-corrected chi connectivity index (χ0v) is 9.87. The van der Waals surface area contributed by atoms with Crippen LogP contribution in [0.5, 0.6) is 0 Å². The molecule has 0 N–H and O–H groups in total. The average molecular weight is 213 g/mol. The first-order valence-corrected chi connectivity index (χ1v) is 5.20. The second kappa shape index (κ2) is 4.21. The highest BCUT2D eigenvalue weighted by Crippen LogP contribution is 2.52. The predicted octanol–water partition coefficient (Wildman–Crippen LogP) is 1.05. The summed E-state index contributed by atoms with van der Waals surface area (Å²) in [7, 11) is 3.09. The molecule has 1 amide bonds. The van der Waals surface area contributed by atoms with E-state index in [1.54, 1.807) is 11.9 Å². The molecular weight excluding hydrogens is 194 g/mol. The van der Waals surface area contributed by atoms with E-state index in [0.717, 1.165) is 6.42 Å². The maximum absolute atomic E-state index is 11.8. The Balaban J connectivity index is 2.32. The Morgan fingerprint density at radius 3 is 2.40 bits per heavy atom. The van der Waals surface area contributed by atoms with E-state index in [-0.39, 0.29) is 29.6 Å². The van der Waals surface area contributed by atoms with Gasteiger partial charge in [0.05, 0.1) is 13.5 Å². The predicted molar refractivity (Wildman–Crippen MR) is 56.2 cm³/mol. The van der Waals surface area contributed by atoms with Crippen molar-refractivity contribution in [3.05, 3.63) is 0 Å². The molecular formula is C11H19NO3. The number of rotatable bonds is 4. The number of carbonyl (C=O) groups excluding carboxylic acids is 2. The molecule has 0 spiro atoms. The Kier molecular flexibility index (Phi) is 3.37. The Bertz CT molecular complexity index is 273. The smallest absolute Gasteiger partial charge is 0.307 e. The quantitative estimate of drug-likeness (QED) is 0.656. The normalized spacial score (nSPS) is 22.0. The highest BCUT2D eigenvalue weighted by Gasteiger charge is 2.51. The minimum absolute atomic E-state index is 0.139. The highest BCUT2D eigenvalue weighted by molar-refractivity contribution is 5.82. The first-order valence-electron chi connectivity index (χ1n) is 5.20. The summed E-state index contributed by atoms with van der Waals surface area (Å²) in [6.45, 7) is 4.62. The van der Waals surface area contributed by atoms with Crippen LogP contribution in [0.1, 0.15) is 26.7 Å². The lowest BCUT2D eigenvalue weighted by molar-refractivity contribution is -0.141. The van der Waals surface area contributed by atoms with E-state index in [1.165, 1.54) is 7.11 Å². The number of carbonyl (C=O) groups is 2. The maximum atomic E-state index is 11.8. The standard InChI is InChI=1S/C11H19NO3/c1-11(2)7-8(11)10(14)12(3)6-5-9(13)15-4/h8H,5-7H2,1-4H3. The Hall–Kier alpha value is -1.06. The van der Waals surface area contributed by atoms with Crippen molar-refractivity contribution in [3.8, 4) is 0 Å². The van der Waals surface area contributed by atoms with E-state index >= 15 is 0 Å². The maximum Gasteiger partial charge on any atom is 0.307 e. The van der Waals surface area contributed by atoms with Gasteiger partial charge in [0.15, 0.2) is 0 Å². The number of methoxy groups -OCH3 is 1. The molecule has 0 aromatic carbocycles. The van der Waals surface area contributed by atoms with Crippen LogP contribution in [0.2, 0.25) is 0 Å². The monoisotopic (exact) mass is 213 g/mol. The van der Waals surface area contributed by atoms with E-state index in [1.807, 2.05) is 0 Å². The Morgan fingerprint density at radius 1 is 1.47 bits per heavy atom. The molecule has 1 rings (SSSR count). The first-order chi connectivity index (χ1) is 6.88. The number of amides is 1. The van der Waals surface area contributed by atoms with Crippen LogP contribution in [0, 0.1) is 11.3 Å². The van der Waals surface area contributed by atoms with Crippen LogP contribution in [-0.2, 0) is 14.3 Å². The van der Waals surface area contributed by atoms with Gasteiger partial charge >= 0.3 is 5.97 Å². The molecule has 1 fully saturated rings. The molecule has 1 aliphatic rings. The van der Waals surface area contributed by atoms with Gasteiger partial charge in [-0.1, -0.05) is 13.8 Å². The Labute approximate surface area is 90.6 Å². The van der Waals surface area contributed by atoms with Crippen molar-refractivity contribution >= 4 is 11.9 Å². The topological polar surface area (TPSA) is 46.6 Å². The lowest BCUT2D eigenvalue weighted by atomic mass is 10.1. The minimum Gasteiger partial charge on any atom is -0.469 e. The van der Waals surface area contributed by atoms with Crippen molar-refractivity contribution in [2.75, 3.05) is 20.7 Å². The number of esters is 1. The first kappa shape index (κ1) is 12.0. The molecule has 1 aliphatic carbocycles. The molecule has 0 aromatic heterocycles. The molecule has 0 heterocycles. The zero-order valence-electron chi connectivity index (χ0n) is 9.87. The highest BCUT2D eigenvalue weighted by atomic mass is 16.5. The summed E-state index contributed by atoms with van der Waals surface area (Å²) < 4.78 is 4.52. The third kappa shape index (κ3) is 2.94. The van der Waals surface area contributed by atoms with Gasteiger partial charge in [-0.15, -0.1) is 0 Å². The van der Waals surface area contributed by atoms with Gasteiger partial charge in [0.25, 0.3) is 0 Å². The third-order valence-electron chi connectivity index (χ3n) is 3.07. The van der Waals surface area contributed by atoms with E-state index in [2.05, 4.69) is 18.6 Å². The van der Waals surface area contributed by atoms with Crippen molar-refractivity contribution in [2.24, 2.45) is 11.3 Å². The number of hydrogen-bond acceptors (Lipinski definition) is 3. The van der Waals surface area contributed by atoms with Gasteiger partial charge in [-0.2, -0.15) is 0 Å². The molecule has 1 atom stereocenters. The summed E-state index contributed by atoms with van der Waals surface area (Å²) in [6.07, 6.45) is 1.22. The summed E-state index contributed by atoms with van der Waals surface area (Å²) in [4.78, 5) is 24.3. The molecule has 0 aliphatic heterocycles. The fourth-order valence-corrected chi connectivity index (χ4v) is 1.63. The summed E-state index contributed by atoms with van der Waals surface area (Å²) in [6, 6.07) is 0. The number of nitrogens with zero attached hydrogens (tertiary/aromatic N) is 1. The summed E-state index contributed by atoms with van der Waals surface area (Å²) in [5, 5.41) is 0.